The summed E-state index contributed by atoms with van der Waals surface area (Å²) in [6.07, 6.45) is 3.07. The second-order valence-corrected chi connectivity index (χ2v) is 7.44. The lowest BCUT2D eigenvalue weighted by Gasteiger charge is -2.40. The van der Waals surface area contributed by atoms with Gasteiger partial charge >= 0.3 is 0 Å². The molecule has 1 aliphatic rings. The molecule has 0 saturated carbocycles. The van der Waals surface area contributed by atoms with E-state index in [0.717, 1.165) is 24.8 Å². The van der Waals surface area contributed by atoms with Crippen molar-refractivity contribution in [3.8, 4) is 0 Å². The van der Waals surface area contributed by atoms with Crippen molar-refractivity contribution in [1.29, 1.82) is 0 Å². The monoisotopic (exact) mass is 279 g/mol. The van der Waals surface area contributed by atoms with E-state index in [-0.39, 0.29) is 5.54 Å². The molecule has 114 valence electrons. The minimum atomic E-state index is 0.0978. The van der Waals surface area contributed by atoms with Crippen LogP contribution in [0.4, 0.5) is 6.01 Å². The summed E-state index contributed by atoms with van der Waals surface area (Å²) in [5, 5.41) is 3.44. The molecule has 1 saturated heterocycles. The number of rotatable bonds is 3. The third kappa shape index (κ3) is 3.75. The molecule has 4 nitrogen and oxygen atoms in total. The van der Waals surface area contributed by atoms with Crippen molar-refractivity contribution in [2.24, 2.45) is 11.8 Å². The molecule has 2 heterocycles. The average Bonchev–Trinajstić information content (AvgIpc) is 2.79. The molecule has 0 radical (unpaired) electrons. The van der Waals surface area contributed by atoms with Crippen LogP contribution in [0.15, 0.2) is 10.7 Å². The SMILES string of the molecule is CC1CC(C)C(C)N(c2nc(CNC(C)(C)C)co2)C1. The molecular formula is C16H29N3O. The topological polar surface area (TPSA) is 41.3 Å². The minimum Gasteiger partial charge on any atom is -0.432 e. The maximum absolute atomic E-state index is 5.71. The summed E-state index contributed by atoms with van der Waals surface area (Å²) in [6, 6.07) is 1.27. The van der Waals surface area contributed by atoms with E-state index in [1.807, 2.05) is 0 Å². The Labute approximate surface area is 122 Å². The summed E-state index contributed by atoms with van der Waals surface area (Å²) in [5.41, 5.74) is 1.08. The highest BCUT2D eigenvalue weighted by Gasteiger charge is 2.31. The van der Waals surface area contributed by atoms with Crippen LogP contribution in [0.25, 0.3) is 0 Å². The van der Waals surface area contributed by atoms with E-state index in [2.05, 4.69) is 56.7 Å². The molecule has 0 aromatic carbocycles. The van der Waals surface area contributed by atoms with Gasteiger partial charge in [-0.1, -0.05) is 13.8 Å². The third-order valence-corrected chi connectivity index (χ3v) is 4.18. The summed E-state index contributed by atoms with van der Waals surface area (Å²) in [7, 11) is 0. The summed E-state index contributed by atoms with van der Waals surface area (Å²) in [5.74, 6) is 1.38. The standard InChI is InChI=1S/C16H29N3O/c1-11-7-12(2)13(3)19(9-11)15-18-14(10-20-15)8-17-16(4,5)6/h10-13,17H,7-9H2,1-6H3. The number of hydrogen-bond donors (Lipinski definition) is 1. The minimum absolute atomic E-state index is 0.0978. The first-order valence-corrected chi connectivity index (χ1v) is 7.72. The number of nitrogens with zero attached hydrogens (tertiary/aromatic N) is 2. The predicted octanol–water partition coefficient (Wildman–Crippen LogP) is 3.43. The van der Waals surface area contributed by atoms with Crippen LogP contribution in [0.1, 0.15) is 53.7 Å². The fourth-order valence-corrected chi connectivity index (χ4v) is 2.83. The number of oxazole rings is 1. The highest BCUT2D eigenvalue weighted by atomic mass is 16.4. The van der Waals surface area contributed by atoms with Gasteiger partial charge in [0, 0.05) is 24.7 Å². The van der Waals surface area contributed by atoms with Crippen molar-refractivity contribution in [3.05, 3.63) is 12.0 Å². The van der Waals surface area contributed by atoms with E-state index in [1.165, 1.54) is 6.42 Å². The Kier molecular flexibility index (Phi) is 4.43. The molecule has 20 heavy (non-hydrogen) atoms. The molecule has 0 spiro atoms. The smallest absolute Gasteiger partial charge is 0.297 e. The van der Waals surface area contributed by atoms with Crippen LogP contribution in [-0.4, -0.2) is 23.1 Å². The Morgan fingerprint density at radius 1 is 1.35 bits per heavy atom. The summed E-state index contributed by atoms with van der Waals surface area (Å²) < 4.78 is 5.71. The summed E-state index contributed by atoms with van der Waals surface area (Å²) >= 11 is 0. The molecule has 3 unspecified atom stereocenters. The van der Waals surface area contributed by atoms with Crippen molar-refractivity contribution < 1.29 is 4.42 Å². The van der Waals surface area contributed by atoms with Crippen LogP contribution < -0.4 is 10.2 Å². The highest BCUT2D eigenvalue weighted by Crippen LogP contribution is 2.30. The van der Waals surface area contributed by atoms with E-state index in [1.54, 1.807) is 6.26 Å². The van der Waals surface area contributed by atoms with Crippen molar-refractivity contribution >= 4 is 6.01 Å². The number of piperidine rings is 1. The van der Waals surface area contributed by atoms with E-state index in [4.69, 9.17) is 4.42 Å². The molecule has 1 aliphatic heterocycles. The molecule has 2 rings (SSSR count). The van der Waals surface area contributed by atoms with Crippen molar-refractivity contribution in [2.75, 3.05) is 11.4 Å². The van der Waals surface area contributed by atoms with Crippen LogP contribution >= 0.6 is 0 Å². The number of aromatic nitrogens is 1. The van der Waals surface area contributed by atoms with Gasteiger partial charge < -0.3 is 14.6 Å². The second kappa shape index (κ2) is 5.76. The van der Waals surface area contributed by atoms with Gasteiger partial charge in [0.15, 0.2) is 0 Å². The maximum atomic E-state index is 5.71. The first-order valence-electron chi connectivity index (χ1n) is 7.72. The summed E-state index contributed by atoms with van der Waals surface area (Å²) in [6.45, 7) is 15.2. The van der Waals surface area contributed by atoms with Crippen LogP contribution in [0, 0.1) is 11.8 Å². The van der Waals surface area contributed by atoms with E-state index in [0.29, 0.717) is 17.9 Å². The normalized spacial score (nSPS) is 27.9. The zero-order chi connectivity index (χ0) is 14.9. The molecule has 1 aromatic rings. The molecule has 0 amide bonds. The van der Waals surface area contributed by atoms with Gasteiger partial charge in [0.1, 0.15) is 6.26 Å². The van der Waals surface area contributed by atoms with E-state index < -0.39 is 0 Å². The van der Waals surface area contributed by atoms with Crippen molar-refractivity contribution in [3.63, 3.8) is 0 Å². The number of hydrogen-bond acceptors (Lipinski definition) is 4. The van der Waals surface area contributed by atoms with Crippen LogP contribution in [-0.2, 0) is 6.54 Å². The zero-order valence-corrected chi connectivity index (χ0v) is 13.7. The van der Waals surface area contributed by atoms with Gasteiger partial charge in [-0.2, -0.15) is 4.98 Å². The number of nitrogens with one attached hydrogen (secondary N) is 1. The molecular weight excluding hydrogens is 250 g/mol. The first-order chi connectivity index (χ1) is 9.26. The lowest BCUT2D eigenvalue weighted by molar-refractivity contribution is 0.283. The van der Waals surface area contributed by atoms with E-state index in [9.17, 15) is 0 Å². The molecule has 4 heteroatoms. The van der Waals surface area contributed by atoms with Crippen LogP contribution in [0.5, 0.6) is 0 Å². The van der Waals surface area contributed by atoms with Crippen molar-refractivity contribution in [1.82, 2.24) is 10.3 Å². The first kappa shape index (κ1) is 15.4. The van der Waals surface area contributed by atoms with Crippen LogP contribution in [0.2, 0.25) is 0 Å². The number of anilines is 1. The molecule has 1 aromatic heterocycles. The zero-order valence-electron chi connectivity index (χ0n) is 13.7. The van der Waals surface area contributed by atoms with Crippen molar-refractivity contribution in [2.45, 2.75) is 66.1 Å². The Balaban J connectivity index is 2.04. The van der Waals surface area contributed by atoms with Crippen LogP contribution in [0.3, 0.4) is 0 Å². The van der Waals surface area contributed by atoms with Gasteiger partial charge in [-0.15, -0.1) is 0 Å². The molecule has 1 fully saturated rings. The van der Waals surface area contributed by atoms with Gasteiger partial charge in [-0.05, 0) is 46.0 Å². The molecule has 1 N–H and O–H groups in total. The van der Waals surface area contributed by atoms with E-state index >= 15 is 0 Å². The largest absolute Gasteiger partial charge is 0.432 e. The van der Waals surface area contributed by atoms with Gasteiger partial charge in [0.25, 0.3) is 6.01 Å². The average molecular weight is 279 g/mol. The third-order valence-electron chi connectivity index (χ3n) is 4.18. The Morgan fingerprint density at radius 2 is 2.05 bits per heavy atom. The predicted molar refractivity (Wildman–Crippen MR) is 82.8 cm³/mol. The quantitative estimate of drug-likeness (QED) is 0.920. The Morgan fingerprint density at radius 3 is 2.70 bits per heavy atom. The highest BCUT2D eigenvalue weighted by molar-refractivity contribution is 5.30. The second-order valence-electron chi connectivity index (χ2n) is 7.44. The fourth-order valence-electron chi connectivity index (χ4n) is 2.83. The fraction of sp³-hybridized carbons (Fsp3) is 0.812. The summed E-state index contributed by atoms with van der Waals surface area (Å²) in [4.78, 5) is 6.97. The molecule has 0 aliphatic carbocycles. The molecule has 0 bridgehead atoms. The lowest BCUT2D eigenvalue weighted by Crippen LogP contribution is -2.46. The maximum Gasteiger partial charge on any atom is 0.297 e. The van der Waals surface area contributed by atoms with Gasteiger partial charge in [0.05, 0.1) is 5.69 Å². The van der Waals surface area contributed by atoms with Gasteiger partial charge in [-0.3, -0.25) is 0 Å². The van der Waals surface area contributed by atoms with Gasteiger partial charge in [0.2, 0.25) is 0 Å². The lowest BCUT2D eigenvalue weighted by atomic mass is 9.86. The van der Waals surface area contributed by atoms with Gasteiger partial charge in [-0.25, -0.2) is 0 Å². The molecule has 3 atom stereocenters. The Bertz CT molecular complexity index is 435. The Hall–Kier alpha value is -1.03.